The van der Waals surface area contributed by atoms with Crippen molar-refractivity contribution in [1.29, 1.82) is 0 Å². The maximum atomic E-state index is 12.3. The van der Waals surface area contributed by atoms with Crippen molar-refractivity contribution in [2.75, 3.05) is 13.1 Å². The number of hydrogen-bond acceptors (Lipinski definition) is 4. The Bertz CT molecular complexity index is 491. The Labute approximate surface area is 108 Å². The van der Waals surface area contributed by atoms with E-state index in [2.05, 4.69) is 5.32 Å². The molecule has 0 bridgehead atoms. The van der Waals surface area contributed by atoms with Crippen LogP contribution in [-0.4, -0.2) is 31.9 Å². The molecule has 1 unspecified atom stereocenters. The highest BCUT2D eigenvalue weighted by molar-refractivity contribution is 7.91. The van der Waals surface area contributed by atoms with Crippen LogP contribution in [-0.2, 0) is 15.6 Å². The van der Waals surface area contributed by atoms with E-state index in [9.17, 15) is 13.5 Å². The largest absolute Gasteiger partial charge is 0.508 e. The molecular weight excluding hydrogens is 250 g/mol. The third kappa shape index (κ3) is 3.23. The molecule has 100 valence electrons. The predicted molar refractivity (Wildman–Crippen MR) is 71.2 cm³/mol. The fourth-order valence-corrected chi connectivity index (χ4v) is 4.23. The topological polar surface area (TPSA) is 66.4 Å². The summed E-state index contributed by atoms with van der Waals surface area (Å²) < 4.78 is 24.6. The van der Waals surface area contributed by atoms with Crippen LogP contribution >= 0.6 is 0 Å². The number of benzene rings is 1. The Morgan fingerprint density at radius 2 is 2.00 bits per heavy atom. The molecule has 1 fully saturated rings. The highest BCUT2D eigenvalue weighted by Crippen LogP contribution is 2.23. The van der Waals surface area contributed by atoms with E-state index in [4.69, 9.17) is 0 Å². The fraction of sp³-hybridized carbons (Fsp3) is 0.538. The quantitative estimate of drug-likeness (QED) is 0.871. The average Bonchev–Trinajstić information content (AvgIpc) is 2.61. The van der Waals surface area contributed by atoms with E-state index in [0.717, 1.165) is 19.5 Å². The number of hydrogen-bond donors (Lipinski definition) is 2. The van der Waals surface area contributed by atoms with Gasteiger partial charge in [0.25, 0.3) is 0 Å². The molecule has 2 N–H and O–H groups in total. The molecule has 1 aliphatic rings. The van der Waals surface area contributed by atoms with Crippen molar-refractivity contribution in [2.45, 2.75) is 30.3 Å². The molecule has 2 rings (SSSR count). The SMILES string of the molecule is O=S(=O)(Cc1ccccc1O)C1CCCNCC1. The van der Waals surface area contributed by atoms with Gasteiger partial charge in [0.15, 0.2) is 9.84 Å². The first-order valence-corrected chi connectivity index (χ1v) is 8.00. The highest BCUT2D eigenvalue weighted by atomic mass is 32.2. The van der Waals surface area contributed by atoms with Crippen molar-refractivity contribution in [3.63, 3.8) is 0 Å². The van der Waals surface area contributed by atoms with E-state index < -0.39 is 9.84 Å². The van der Waals surface area contributed by atoms with Gasteiger partial charge < -0.3 is 10.4 Å². The van der Waals surface area contributed by atoms with Gasteiger partial charge in [-0.25, -0.2) is 8.42 Å². The van der Waals surface area contributed by atoms with Gasteiger partial charge in [-0.2, -0.15) is 0 Å². The van der Waals surface area contributed by atoms with Crippen molar-refractivity contribution in [2.24, 2.45) is 0 Å². The second-order valence-electron chi connectivity index (χ2n) is 4.74. The number of phenols is 1. The fourth-order valence-electron chi connectivity index (χ4n) is 2.31. The summed E-state index contributed by atoms with van der Waals surface area (Å²) >= 11 is 0. The van der Waals surface area contributed by atoms with Crippen molar-refractivity contribution < 1.29 is 13.5 Å². The zero-order valence-corrected chi connectivity index (χ0v) is 11.1. The van der Waals surface area contributed by atoms with Crippen LogP contribution in [0.25, 0.3) is 0 Å². The molecule has 1 heterocycles. The number of aromatic hydroxyl groups is 1. The van der Waals surface area contributed by atoms with Crippen LogP contribution in [0.5, 0.6) is 5.75 Å². The molecule has 5 heteroatoms. The second-order valence-corrected chi connectivity index (χ2v) is 7.02. The average molecular weight is 269 g/mol. The van der Waals surface area contributed by atoms with Crippen LogP contribution < -0.4 is 5.32 Å². The second kappa shape index (κ2) is 5.71. The van der Waals surface area contributed by atoms with Gasteiger partial charge in [-0.05, 0) is 38.4 Å². The number of phenolic OH excluding ortho intramolecular Hbond substituents is 1. The van der Waals surface area contributed by atoms with Crippen LogP contribution in [0.15, 0.2) is 24.3 Å². The molecular formula is C13H19NO3S. The lowest BCUT2D eigenvalue weighted by Crippen LogP contribution is -2.24. The molecule has 1 atom stereocenters. The Balaban J connectivity index is 2.13. The standard InChI is InChI=1S/C13H19NO3S/c15-13-6-2-1-4-11(13)10-18(16,17)12-5-3-8-14-9-7-12/h1-2,4,6,12,14-15H,3,5,7-10H2. The Morgan fingerprint density at radius 3 is 2.78 bits per heavy atom. The Morgan fingerprint density at radius 1 is 1.22 bits per heavy atom. The summed E-state index contributed by atoms with van der Waals surface area (Å²) in [5.74, 6) is -0.00234. The molecule has 1 aromatic rings. The summed E-state index contributed by atoms with van der Waals surface area (Å²) in [7, 11) is -3.18. The van der Waals surface area contributed by atoms with E-state index in [0.29, 0.717) is 18.4 Å². The van der Waals surface area contributed by atoms with Gasteiger partial charge in [-0.3, -0.25) is 0 Å². The maximum Gasteiger partial charge on any atom is 0.157 e. The summed E-state index contributed by atoms with van der Waals surface area (Å²) in [6, 6.07) is 6.64. The molecule has 4 nitrogen and oxygen atoms in total. The van der Waals surface area contributed by atoms with Crippen LogP contribution in [0.3, 0.4) is 0 Å². The summed E-state index contributed by atoms with van der Waals surface area (Å²) in [5.41, 5.74) is 0.495. The van der Waals surface area contributed by atoms with Gasteiger partial charge in [0.2, 0.25) is 0 Å². The smallest absolute Gasteiger partial charge is 0.157 e. The first-order valence-electron chi connectivity index (χ1n) is 6.29. The van der Waals surface area contributed by atoms with Gasteiger partial charge in [-0.1, -0.05) is 18.2 Å². The molecule has 0 spiro atoms. The van der Waals surface area contributed by atoms with E-state index in [-0.39, 0.29) is 16.8 Å². The van der Waals surface area contributed by atoms with E-state index in [1.807, 2.05) is 0 Å². The first kappa shape index (κ1) is 13.4. The van der Waals surface area contributed by atoms with Gasteiger partial charge in [0, 0.05) is 5.56 Å². The summed E-state index contributed by atoms with van der Waals surface area (Å²) in [5, 5.41) is 12.6. The minimum atomic E-state index is -3.18. The van der Waals surface area contributed by atoms with Crippen molar-refractivity contribution in [3.8, 4) is 5.75 Å². The molecule has 0 saturated carbocycles. The van der Waals surface area contributed by atoms with Gasteiger partial charge in [0.05, 0.1) is 11.0 Å². The zero-order valence-electron chi connectivity index (χ0n) is 10.3. The molecule has 0 amide bonds. The summed E-state index contributed by atoms with van der Waals surface area (Å²) in [6.07, 6.45) is 2.27. The number of para-hydroxylation sites is 1. The first-order chi connectivity index (χ1) is 8.59. The molecule has 0 aromatic heterocycles. The summed E-state index contributed by atoms with van der Waals surface area (Å²) in [6.45, 7) is 1.65. The Kier molecular flexibility index (Phi) is 4.24. The molecule has 1 saturated heterocycles. The summed E-state index contributed by atoms with van der Waals surface area (Å²) in [4.78, 5) is 0. The van der Waals surface area contributed by atoms with Gasteiger partial charge >= 0.3 is 0 Å². The highest BCUT2D eigenvalue weighted by Gasteiger charge is 2.27. The lowest BCUT2D eigenvalue weighted by Gasteiger charge is -2.15. The minimum Gasteiger partial charge on any atom is -0.508 e. The van der Waals surface area contributed by atoms with Gasteiger partial charge in [-0.15, -0.1) is 0 Å². The van der Waals surface area contributed by atoms with Crippen molar-refractivity contribution >= 4 is 9.84 Å². The normalized spacial score (nSPS) is 21.4. The lowest BCUT2D eigenvalue weighted by molar-refractivity contribution is 0.469. The maximum absolute atomic E-state index is 12.3. The lowest BCUT2D eigenvalue weighted by atomic mass is 10.2. The molecule has 0 radical (unpaired) electrons. The number of sulfone groups is 1. The van der Waals surface area contributed by atoms with Crippen molar-refractivity contribution in [3.05, 3.63) is 29.8 Å². The Hall–Kier alpha value is -1.07. The number of nitrogens with one attached hydrogen (secondary N) is 1. The minimum absolute atomic E-state index is 0.0628. The monoisotopic (exact) mass is 269 g/mol. The zero-order chi connectivity index (χ0) is 13.0. The van der Waals surface area contributed by atoms with E-state index in [1.54, 1.807) is 18.2 Å². The van der Waals surface area contributed by atoms with E-state index >= 15 is 0 Å². The van der Waals surface area contributed by atoms with Crippen LogP contribution in [0, 0.1) is 0 Å². The van der Waals surface area contributed by atoms with Crippen LogP contribution in [0.1, 0.15) is 24.8 Å². The van der Waals surface area contributed by atoms with Crippen LogP contribution in [0.2, 0.25) is 0 Å². The number of rotatable bonds is 3. The molecule has 18 heavy (non-hydrogen) atoms. The predicted octanol–water partition coefficient (Wildman–Crippen LogP) is 1.45. The van der Waals surface area contributed by atoms with Crippen molar-refractivity contribution in [1.82, 2.24) is 5.32 Å². The third-order valence-corrected chi connectivity index (χ3v) is 5.58. The van der Waals surface area contributed by atoms with Gasteiger partial charge in [0.1, 0.15) is 5.75 Å². The molecule has 1 aromatic carbocycles. The molecule has 0 aliphatic carbocycles. The molecule has 1 aliphatic heterocycles. The third-order valence-electron chi connectivity index (χ3n) is 3.38. The van der Waals surface area contributed by atoms with Crippen LogP contribution in [0.4, 0.5) is 0 Å². The van der Waals surface area contributed by atoms with E-state index in [1.165, 1.54) is 6.07 Å².